The number of hydrogen-bond acceptors (Lipinski definition) is 3. The molecule has 2 aliphatic rings. The van der Waals surface area contributed by atoms with Crippen LogP contribution in [0.5, 0.6) is 0 Å². The molecule has 1 aromatic rings. The van der Waals surface area contributed by atoms with E-state index < -0.39 is 11.8 Å². The molecule has 1 aromatic heterocycles. The lowest BCUT2D eigenvalue weighted by molar-refractivity contribution is -0.143. The predicted octanol–water partition coefficient (Wildman–Crippen LogP) is 2.81. The second-order valence-electron chi connectivity index (χ2n) is 7.01. The molecule has 0 unspecified atom stereocenters. The van der Waals surface area contributed by atoms with Crippen molar-refractivity contribution in [3.05, 3.63) is 18.0 Å². The Hall–Kier alpha value is -1.79. The van der Waals surface area contributed by atoms with Crippen LogP contribution in [0, 0.1) is 5.92 Å². The first-order valence-corrected chi connectivity index (χ1v) is 8.56. The summed E-state index contributed by atoms with van der Waals surface area (Å²) in [7, 11) is 1.74. The van der Waals surface area contributed by atoms with E-state index in [-0.39, 0.29) is 37.0 Å². The highest BCUT2D eigenvalue weighted by Crippen LogP contribution is 2.38. The van der Waals surface area contributed by atoms with Crippen molar-refractivity contribution in [2.45, 2.75) is 56.9 Å². The summed E-state index contributed by atoms with van der Waals surface area (Å²) < 4.78 is 28.8. The van der Waals surface area contributed by atoms with Gasteiger partial charge in [0.2, 0.25) is 11.8 Å². The van der Waals surface area contributed by atoms with E-state index in [1.807, 2.05) is 0 Å². The molecule has 3 rings (SSSR count). The molecule has 0 aromatic carbocycles. The molecule has 24 heavy (non-hydrogen) atoms. The fraction of sp³-hybridized carbons (Fsp3) is 0.706. The number of hydrogen-bond donors (Lipinski definition) is 0. The lowest BCUT2D eigenvalue weighted by Crippen LogP contribution is -2.43. The van der Waals surface area contributed by atoms with Crippen molar-refractivity contribution in [3.63, 3.8) is 0 Å². The molecule has 2 heterocycles. The molecule has 2 atom stereocenters. The van der Waals surface area contributed by atoms with Crippen molar-refractivity contribution in [3.8, 4) is 0 Å². The van der Waals surface area contributed by atoms with E-state index in [1.54, 1.807) is 22.8 Å². The topological polar surface area (TPSA) is 55.2 Å². The molecule has 1 aliphatic heterocycles. The fourth-order valence-electron chi connectivity index (χ4n) is 3.85. The van der Waals surface area contributed by atoms with Crippen molar-refractivity contribution in [1.82, 2.24) is 14.7 Å². The van der Waals surface area contributed by atoms with E-state index in [4.69, 9.17) is 0 Å². The van der Waals surface area contributed by atoms with Gasteiger partial charge in [0.25, 0.3) is 0 Å². The highest BCUT2D eigenvalue weighted by molar-refractivity contribution is 5.96. The number of ketones is 1. The molecule has 5 nitrogen and oxygen atoms in total. The SMILES string of the molecule is Cn1cc(C(=O)C[C@@H]2CCCN2C(=O)[C@H]2CCCC(F)(F)C2)cn1. The highest BCUT2D eigenvalue weighted by atomic mass is 19.3. The molecule has 1 amide bonds. The molecule has 0 radical (unpaired) electrons. The normalized spacial score (nSPS) is 26.5. The number of nitrogens with zero attached hydrogens (tertiary/aromatic N) is 3. The number of aromatic nitrogens is 2. The van der Waals surface area contributed by atoms with Crippen molar-refractivity contribution < 1.29 is 18.4 Å². The summed E-state index contributed by atoms with van der Waals surface area (Å²) in [5, 5.41) is 3.99. The van der Waals surface area contributed by atoms with Crippen LogP contribution in [0.2, 0.25) is 0 Å². The van der Waals surface area contributed by atoms with Gasteiger partial charge in [-0.1, -0.05) is 0 Å². The van der Waals surface area contributed by atoms with Gasteiger partial charge in [0.05, 0.1) is 11.8 Å². The minimum Gasteiger partial charge on any atom is -0.339 e. The van der Waals surface area contributed by atoms with Gasteiger partial charge >= 0.3 is 0 Å². The second-order valence-corrected chi connectivity index (χ2v) is 7.01. The summed E-state index contributed by atoms with van der Waals surface area (Å²) in [5.41, 5.74) is 0.529. The molecule has 1 aliphatic carbocycles. The van der Waals surface area contributed by atoms with Gasteiger partial charge < -0.3 is 4.90 Å². The van der Waals surface area contributed by atoms with Gasteiger partial charge in [0.1, 0.15) is 0 Å². The van der Waals surface area contributed by atoms with E-state index in [2.05, 4.69) is 5.10 Å². The Morgan fingerprint density at radius 1 is 1.33 bits per heavy atom. The third-order valence-corrected chi connectivity index (χ3v) is 5.10. The third kappa shape index (κ3) is 3.65. The Morgan fingerprint density at radius 3 is 2.79 bits per heavy atom. The minimum absolute atomic E-state index is 0.0539. The molecule has 0 N–H and O–H groups in total. The number of amides is 1. The summed E-state index contributed by atoms with van der Waals surface area (Å²) in [4.78, 5) is 26.7. The Morgan fingerprint density at radius 2 is 2.12 bits per heavy atom. The number of carbonyl (C=O) groups is 2. The van der Waals surface area contributed by atoms with Crippen LogP contribution in [0.15, 0.2) is 12.4 Å². The smallest absolute Gasteiger partial charge is 0.248 e. The standard InChI is InChI=1S/C17H23F2N3O2/c1-21-11-13(10-20-21)15(23)8-14-5-3-7-22(14)16(24)12-4-2-6-17(18,19)9-12/h10-12,14H,2-9H2,1H3/t12-,14-/m0/s1. The fourth-order valence-corrected chi connectivity index (χ4v) is 3.85. The van der Waals surface area contributed by atoms with Gasteiger partial charge in [-0.3, -0.25) is 14.3 Å². The van der Waals surface area contributed by atoms with Gasteiger partial charge in [-0.15, -0.1) is 0 Å². The Balaban J connectivity index is 1.64. The summed E-state index contributed by atoms with van der Waals surface area (Å²) >= 11 is 0. The average molecular weight is 339 g/mol. The van der Waals surface area contributed by atoms with Gasteiger partial charge in [-0.25, -0.2) is 8.78 Å². The number of carbonyl (C=O) groups excluding carboxylic acids is 2. The van der Waals surface area contributed by atoms with Gasteiger partial charge in [0, 0.05) is 51.0 Å². The quantitative estimate of drug-likeness (QED) is 0.793. The maximum Gasteiger partial charge on any atom is 0.248 e. The summed E-state index contributed by atoms with van der Waals surface area (Å²) in [6.45, 7) is 0.561. The number of likely N-dealkylation sites (tertiary alicyclic amines) is 1. The first-order valence-electron chi connectivity index (χ1n) is 8.56. The van der Waals surface area contributed by atoms with Crippen molar-refractivity contribution in [2.75, 3.05) is 6.54 Å². The summed E-state index contributed by atoms with van der Waals surface area (Å²) in [6.07, 6.45) is 5.41. The lowest BCUT2D eigenvalue weighted by atomic mass is 9.85. The number of alkyl halides is 2. The lowest BCUT2D eigenvalue weighted by Gasteiger charge is -2.33. The van der Waals surface area contributed by atoms with E-state index in [0.717, 1.165) is 12.8 Å². The maximum absolute atomic E-state index is 13.6. The summed E-state index contributed by atoms with van der Waals surface area (Å²) in [5.74, 6) is -3.60. The van der Waals surface area contributed by atoms with Crippen LogP contribution >= 0.6 is 0 Å². The molecule has 0 spiro atoms. The molecular formula is C17H23F2N3O2. The second kappa shape index (κ2) is 6.61. The third-order valence-electron chi connectivity index (χ3n) is 5.10. The first-order chi connectivity index (χ1) is 11.4. The van der Waals surface area contributed by atoms with Gasteiger partial charge in [-0.2, -0.15) is 5.10 Å². The van der Waals surface area contributed by atoms with Crippen LogP contribution in [0.4, 0.5) is 8.78 Å². The summed E-state index contributed by atoms with van der Waals surface area (Å²) in [6, 6.07) is -0.180. The van der Waals surface area contributed by atoms with Crippen molar-refractivity contribution in [1.29, 1.82) is 0 Å². The van der Waals surface area contributed by atoms with Crippen LogP contribution < -0.4 is 0 Å². The zero-order chi connectivity index (χ0) is 17.3. The van der Waals surface area contributed by atoms with E-state index >= 15 is 0 Å². The number of aryl methyl sites for hydroxylation is 1. The Kier molecular flexibility index (Phi) is 4.69. The molecular weight excluding hydrogens is 316 g/mol. The Bertz CT molecular complexity index is 629. The predicted molar refractivity (Wildman–Crippen MR) is 83.8 cm³/mol. The minimum atomic E-state index is -2.74. The zero-order valence-corrected chi connectivity index (χ0v) is 13.9. The molecule has 2 fully saturated rings. The molecule has 7 heteroatoms. The van der Waals surface area contributed by atoms with Crippen LogP contribution in [-0.4, -0.2) is 44.9 Å². The van der Waals surface area contributed by atoms with Crippen LogP contribution in [0.1, 0.15) is 55.3 Å². The van der Waals surface area contributed by atoms with Crippen LogP contribution in [0.3, 0.4) is 0 Å². The molecule has 0 bridgehead atoms. The average Bonchev–Trinajstić information content (AvgIpc) is 3.14. The zero-order valence-electron chi connectivity index (χ0n) is 13.9. The van der Waals surface area contributed by atoms with E-state index in [1.165, 1.54) is 6.20 Å². The first kappa shape index (κ1) is 17.0. The van der Waals surface area contributed by atoms with Gasteiger partial charge in [0.15, 0.2) is 5.78 Å². The van der Waals surface area contributed by atoms with Crippen LogP contribution in [0.25, 0.3) is 0 Å². The van der Waals surface area contributed by atoms with Gasteiger partial charge in [-0.05, 0) is 25.7 Å². The van der Waals surface area contributed by atoms with E-state index in [0.29, 0.717) is 24.9 Å². The Labute approximate surface area is 140 Å². The molecule has 1 saturated heterocycles. The highest BCUT2D eigenvalue weighted by Gasteiger charge is 2.42. The largest absolute Gasteiger partial charge is 0.339 e. The molecule has 1 saturated carbocycles. The number of halogens is 2. The maximum atomic E-state index is 13.6. The van der Waals surface area contributed by atoms with Crippen molar-refractivity contribution >= 4 is 11.7 Å². The van der Waals surface area contributed by atoms with Crippen LogP contribution in [-0.2, 0) is 11.8 Å². The molecule has 132 valence electrons. The number of Topliss-reactive ketones (excluding diaryl/α,β-unsaturated/α-hetero) is 1. The number of rotatable bonds is 4. The monoisotopic (exact) mass is 339 g/mol. The van der Waals surface area contributed by atoms with E-state index in [9.17, 15) is 18.4 Å². The van der Waals surface area contributed by atoms with Crippen molar-refractivity contribution in [2.24, 2.45) is 13.0 Å².